The first-order chi connectivity index (χ1) is 10.7. The number of rotatable bonds is 4. The van der Waals surface area contributed by atoms with Crippen LogP contribution in [0.1, 0.15) is 12.2 Å². The second kappa shape index (κ2) is 6.27. The van der Waals surface area contributed by atoms with E-state index in [1.54, 1.807) is 13.3 Å². The molecule has 0 bridgehead atoms. The number of carbonyl (C=O) groups excluding carboxylic acids is 1. The highest BCUT2D eigenvalue weighted by Gasteiger charge is 2.23. The molecule has 0 atom stereocenters. The number of fused-ring (bicyclic) bond motifs is 1. The summed E-state index contributed by atoms with van der Waals surface area (Å²) in [6, 6.07) is 0. The number of hydrogen-bond acceptors (Lipinski definition) is 6. The van der Waals surface area contributed by atoms with Crippen LogP contribution in [-0.2, 0) is 9.53 Å². The molecule has 3 heterocycles. The molecule has 0 unspecified atom stereocenters. The first kappa shape index (κ1) is 14.7. The smallest absolute Gasteiger partial charge is 0.225 e. The van der Waals surface area contributed by atoms with Crippen molar-refractivity contribution < 1.29 is 9.53 Å². The van der Waals surface area contributed by atoms with E-state index in [1.807, 2.05) is 22.4 Å². The number of methoxy groups -OCH3 is 1. The number of anilines is 1. The number of carbonyl (C=O) groups is 1. The fourth-order valence-electron chi connectivity index (χ4n) is 2.67. The van der Waals surface area contributed by atoms with Crippen LogP contribution in [0.2, 0.25) is 0 Å². The lowest BCUT2D eigenvalue weighted by atomic mass is 10.3. The summed E-state index contributed by atoms with van der Waals surface area (Å²) < 4.78 is 6.89. The molecule has 2 aromatic heterocycles. The van der Waals surface area contributed by atoms with E-state index in [9.17, 15) is 4.79 Å². The van der Waals surface area contributed by atoms with Gasteiger partial charge in [0.25, 0.3) is 0 Å². The molecular formula is C14H20N6O2. The molecule has 0 spiro atoms. The van der Waals surface area contributed by atoms with Crippen molar-refractivity contribution in [3.05, 3.63) is 18.2 Å². The minimum Gasteiger partial charge on any atom is -0.384 e. The Morgan fingerprint density at radius 3 is 2.77 bits per heavy atom. The molecule has 8 heteroatoms. The molecule has 8 nitrogen and oxygen atoms in total. The van der Waals surface area contributed by atoms with Crippen LogP contribution in [0.15, 0.2) is 12.4 Å². The maximum atomic E-state index is 12.0. The van der Waals surface area contributed by atoms with Gasteiger partial charge in [-0.05, 0) is 6.92 Å². The molecule has 1 saturated heterocycles. The Balaban J connectivity index is 1.69. The fourth-order valence-corrected chi connectivity index (χ4v) is 2.67. The average Bonchev–Trinajstić information content (AvgIpc) is 2.94. The lowest BCUT2D eigenvalue weighted by Crippen LogP contribution is -2.49. The van der Waals surface area contributed by atoms with Gasteiger partial charge in [0.2, 0.25) is 11.6 Å². The van der Waals surface area contributed by atoms with E-state index < -0.39 is 0 Å². The number of nitrogens with zero attached hydrogens (tertiary/aromatic N) is 6. The molecule has 1 aliphatic heterocycles. The van der Waals surface area contributed by atoms with Crippen molar-refractivity contribution in [3.63, 3.8) is 0 Å². The standard InChI is InChI=1S/C14H20N6O2/c1-11-16-17-14-13(15-4-5-20(11)14)19-8-6-18(7-9-19)12(21)3-10-22-2/h4-5H,3,6-10H2,1-2H3. The third-order valence-corrected chi connectivity index (χ3v) is 3.93. The van der Waals surface area contributed by atoms with E-state index in [4.69, 9.17) is 4.74 Å². The Morgan fingerprint density at radius 2 is 2.05 bits per heavy atom. The van der Waals surface area contributed by atoms with Crippen LogP contribution in [0.25, 0.3) is 5.65 Å². The molecule has 1 fully saturated rings. The van der Waals surface area contributed by atoms with Gasteiger partial charge in [-0.15, -0.1) is 10.2 Å². The first-order valence-electron chi connectivity index (χ1n) is 7.38. The molecule has 118 valence electrons. The zero-order valence-corrected chi connectivity index (χ0v) is 12.9. The predicted molar refractivity (Wildman–Crippen MR) is 80.8 cm³/mol. The molecule has 1 aliphatic rings. The largest absolute Gasteiger partial charge is 0.384 e. The van der Waals surface area contributed by atoms with Crippen molar-refractivity contribution in [1.29, 1.82) is 0 Å². The number of aryl methyl sites for hydroxylation is 1. The number of piperazine rings is 1. The van der Waals surface area contributed by atoms with Gasteiger partial charge in [0, 0.05) is 45.7 Å². The Labute approximate surface area is 128 Å². The van der Waals surface area contributed by atoms with E-state index in [1.165, 1.54) is 0 Å². The average molecular weight is 304 g/mol. The topological polar surface area (TPSA) is 75.9 Å². The summed E-state index contributed by atoms with van der Waals surface area (Å²) in [6.07, 6.45) is 4.06. The molecule has 0 saturated carbocycles. The lowest BCUT2D eigenvalue weighted by molar-refractivity contribution is -0.132. The number of hydrogen-bond donors (Lipinski definition) is 0. The summed E-state index contributed by atoms with van der Waals surface area (Å²) in [7, 11) is 1.61. The SMILES string of the molecule is COCCC(=O)N1CCN(c2nccn3c(C)nnc23)CC1. The highest BCUT2D eigenvalue weighted by Crippen LogP contribution is 2.19. The van der Waals surface area contributed by atoms with E-state index >= 15 is 0 Å². The van der Waals surface area contributed by atoms with Crippen LogP contribution in [0.5, 0.6) is 0 Å². The van der Waals surface area contributed by atoms with Crippen LogP contribution in [0.3, 0.4) is 0 Å². The van der Waals surface area contributed by atoms with Crippen molar-refractivity contribution >= 4 is 17.4 Å². The minimum atomic E-state index is 0.144. The Bertz CT molecular complexity index is 662. The van der Waals surface area contributed by atoms with Crippen LogP contribution >= 0.6 is 0 Å². The molecule has 2 aromatic rings. The quantitative estimate of drug-likeness (QED) is 0.798. The maximum absolute atomic E-state index is 12.0. The monoisotopic (exact) mass is 304 g/mol. The Morgan fingerprint density at radius 1 is 1.27 bits per heavy atom. The van der Waals surface area contributed by atoms with Crippen molar-refractivity contribution in [2.75, 3.05) is 44.8 Å². The van der Waals surface area contributed by atoms with Gasteiger partial charge in [0.05, 0.1) is 13.0 Å². The second-order valence-corrected chi connectivity index (χ2v) is 5.30. The third kappa shape index (κ3) is 2.74. The highest BCUT2D eigenvalue weighted by molar-refractivity contribution is 5.76. The van der Waals surface area contributed by atoms with Crippen molar-refractivity contribution in [3.8, 4) is 0 Å². The van der Waals surface area contributed by atoms with Gasteiger partial charge in [-0.1, -0.05) is 0 Å². The van der Waals surface area contributed by atoms with Gasteiger partial charge in [0.15, 0.2) is 5.82 Å². The normalized spacial score (nSPS) is 15.5. The molecule has 0 aliphatic carbocycles. The summed E-state index contributed by atoms with van der Waals surface area (Å²) >= 11 is 0. The van der Waals surface area contributed by atoms with Crippen LogP contribution < -0.4 is 4.90 Å². The maximum Gasteiger partial charge on any atom is 0.225 e. The molecule has 1 amide bonds. The Hall–Kier alpha value is -2.22. The summed E-state index contributed by atoms with van der Waals surface area (Å²) in [5, 5.41) is 8.30. The summed E-state index contributed by atoms with van der Waals surface area (Å²) in [5.41, 5.74) is 0.763. The number of amides is 1. The number of aromatic nitrogens is 4. The molecule has 0 aromatic carbocycles. The minimum absolute atomic E-state index is 0.144. The van der Waals surface area contributed by atoms with Crippen molar-refractivity contribution in [2.24, 2.45) is 0 Å². The predicted octanol–water partition coefficient (Wildman–Crippen LogP) is 0.118. The van der Waals surface area contributed by atoms with Gasteiger partial charge in [-0.25, -0.2) is 4.98 Å². The highest BCUT2D eigenvalue weighted by atomic mass is 16.5. The zero-order chi connectivity index (χ0) is 15.5. The van der Waals surface area contributed by atoms with E-state index in [-0.39, 0.29) is 5.91 Å². The van der Waals surface area contributed by atoms with E-state index in [0.717, 1.165) is 30.4 Å². The van der Waals surface area contributed by atoms with Gasteiger partial charge in [-0.2, -0.15) is 0 Å². The molecule has 22 heavy (non-hydrogen) atoms. The van der Waals surface area contributed by atoms with Gasteiger partial charge in [-0.3, -0.25) is 9.20 Å². The molecule has 3 rings (SSSR count). The van der Waals surface area contributed by atoms with E-state index in [0.29, 0.717) is 26.1 Å². The second-order valence-electron chi connectivity index (χ2n) is 5.30. The summed E-state index contributed by atoms with van der Waals surface area (Å²) in [4.78, 5) is 20.5. The van der Waals surface area contributed by atoms with Crippen molar-refractivity contribution in [1.82, 2.24) is 24.5 Å². The van der Waals surface area contributed by atoms with Gasteiger partial charge in [0.1, 0.15) is 5.82 Å². The van der Waals surface area contributed by atoms with E-state index in [2.05, 4.69) is 20.1 Å². The molecular weight excluding hydrogens is 284 g/mol. The van der Waals surface area contributed by atoms with Gasteiger partial charge < -0.3 is 14.5 Å². The Kier molecular flexibility index (Phi) is 4.19. The molecule has 0 radical (unpaired) electrons. The van der Waals surface area contributed by atoms with Crippen molar-refractivity contribution in [2.45, 2.75) is 13.3 Å². The summed E-state index contributed by atoms with van der Waals surface area (Å²) in [6.45, 7) is 5.26. The van der Waals surface area contributed by atoms with Crippen LogP contribution in [0.4, 0.5) is 5.82 Å². The molecule has 0 N–H and O–H groups in total. The zero-order valence-electron chi connectivity index (χ0n) is 12.9. The summed E-state index contributed by atoms with van der Waals surface area (Å²) in [5.74, 6) is 1.81. The van der Waals surface area contributed by atoms with Crippen LogP contribution in [0, 0.1) is 6.92 Å². The number of ether oxygens (including phenoxy) is 1. The first-order valence-corrected chi connectivity index (χ1v) is 7.38. The lowest BCUT2D eigenvalue weighted by Gasteiger charge is -2.35. The third-order valence-electron chi connectivity index (χ3n) is 3.93. The fraction of sp³-hybridized carbons (Fsp3) is 0.571. The van der Waals surface area contributed by atoms with Crippen LogP contribution in [-0.4, -0.2) is 70.3 Å². The van der Waals surface area contributed by atoms with Gasteiger partial charge >= 0.3 is 0 Å².